The summed E-state index contributed by atoms with van der Waals surface area (Å²) in [6.07, 6.45) is 3.71. The molecule has 0 atom stereocenters. The summed E-state index contributed by atoms with van der Waals surface area (Å²) in [4.78, 5) is 17.0. The maximum atomic E-state index is 11.1. The van der Waals surface area contributed by atoms with Gasteiger partial charge in [0.05, 0.1) is 4.92 Å². The molecule has 0 aromatic carbocycles. The molecule has 0 spiro atoms. The summed E-state index contributed by atoms with van der Waals surface area (Å²) in [5, 5.41) is 14.5. The van der Waals surface area contributed by atoms with Gasteiger partial charge in [0.25, 0.3) is 0 Å². The second-order valence-corrected chi connectivity index (χ2v) is 5.91. The van der Waals surface area contributed by atoms with Gasteiger partial charge in [0, 0.05) is 29.8 Å². The molecule has 2 heterocycles. The molecule has 1 saturated heterocycles. The Labute approximate surface area is 126 Å². The molecule has 1 aromatic rings. The van der Waals surface area contributed by atoms with Crippen molar-refractivity contribution in [2.75, 3.05) is 31.1 Å². The zero-order chi connectivity index (χ0) is 14.5. The van der Waals surface area contributed by atoms with Gasteiger partial charge < -0.3 is 10.2 Å². The number of nitrogens with zero attached hydrogens (tertiary/aromatic N) is 3. The number of nitrogens with one attached hydrogen (secondary N) is 1. The minimum absolute atomic E-state index is 0.0736. The summed E-state index contributed by atoms with van der Waals surface area (Å²) in [5.74, 6) is 1.14. The lowest BCUT2D eigenvalue weighted by atomic mass is 9.96. The van der Waals surface area contributed by atoms with Crippen LogP contribution in [0.5, 0.6) is 0 Å². The maximum Gasteiger partial charge on any atom is 0.312 e. The molecule has 7 heteroatoms. The van der Waals surface area contributed by atoms with E-state index in [2.05, 4.69) is 33.2 Å². The summed E-state index contributed by atoms with van der Waals surface area (Å²) in [7, 11) is 0. The number of rotatable bonds is 5. The van der Waals surface area contributed by atoms with Crippen molar-refractivity contribution in [3.8, 4) is 0 Å². The lowest BCUT2D eigenvalue weighted by molar-refractivity contribution is -0.384. The van der Waals surface area contributed by atoms with Gasteiger partial charge in [-0.3, -0.25) is 10.1 Å². The van der Waals surface area contributed by atoms with Crippen LogP contribution in [0.4, 0.5) is 11.5 Å². The minimum Gasteiger partial charge on any atom is -0.351 e. The molecule has 20 heavy (non-hydrogen) atoms. The van der Waals surface area contributed by atoms with E-state index in [1.165, 1.54) is 6.07 Å². The van der Waals surface area contributed by atoms with Crippen LogP contribution in [0.1, 0.15) is 19.8 Å². The number of hydrogen-bond donors (Lipinski definition) is 1. The number of halogens is 1. The van der Waals surface area contributed by atoms with Crippen molar-refractivity contribution < 1.29 is 4.92 Å². The number of anilines is 1. The largest absolute Gasteiger partial charge is 0.351 e. The Morgan fingerprint density at radius 1 is 1.55 bits per heavy atom. The zero-order valence-electron chi connectivity index (χ0n) is 11.5. The molecule has 6 nitrogen and oxygen atoms in total. The second-order valence-electron chi connectivity index (χ2n) is 4.99. The third-order valence-electron chi connectivity index (χ3n) is 3.61. The van der Waals surface area contributed by atoms with Crippen LogP contribution in [0, 0.1) is 16.0 Å². The third-order valence-corrected chi connectivity index (χ3v) is 4.04. The van der Waals surface area contributed by atoms with E-state index in [9.17, 15) is 10.1 Å². The molecule has 1 aliphatic heterocycles. The van der Waals surface area contributed by atoms with Gasteiger partial charge in [-0.25, -0.2) is 4.98 Å². The van der Waals surface area contributed by atoms with Crippen LogP contribution in [-0.2, 0) is 0 Å². The molecule has 2 rings (SSSR count). The summed E-state index contributed by atoms with van der Waals surface area (Å²) < 4.78 is 0.634. The topological polar surface area (TPSA) is 71.3 Å². The predicted molar refractivity (Wildman–Crippen MR) is 82.1 cm³/mol. The van der Waals surface area contributed by atoms with Crippen LogP contribution in [0.3, 0.4) is 0 Å². The quantitative estimate of drug-likeness (QED) is 0.657. The number of hydrogen-bond acceptors (Lipinski definition) is 5. The van der Waals surface area contributed by atoms with Crippen LogP contribution < -0.4 is 10.2 Å². The number of piperidine rings is 1. The van der Waals surface area contributed by atoms with E-state index in [0.717, 1.165) is 39.0 Å². The molecule has 0 amide bonds. The molecular formula is C13H19BrN4O2. The summed E-state index contributed by atoms with van der Waals surface area (Å²) in [6, 6.07) is 1.52. The standard InChI is InChI=1S/C13H19BrN4O2/c1-2-15-8-10-3-5-17(6-4-10)13-12(18(19)20)7-11(14)9-16-13/h7,9-10,15H,2-6,8H2,1H3. The average Bonchev–Trinajstić information content (AvgIpc) is 2.45. The lowest BCUT2D eigenvalue weighted by Crippen LogP contribution is -2.38. The van der Waals surface area contributed by atoms with E-state index < -0.39 is 0 Å². The van der Waals surface area contributed by atoms with E-state index in [1.54, 1.807) is 6.20 Å². The molecule has 0 unspecified atom stereocenters. The van der Waals surface area contributed by atoms with E-state index in [4.69, 9.17) is 0 Å². The van der Waals surface area contributed by atoms with Gasteiger partial charge in [-0.05, 0) is 47.8 Å². The second kappa shape index (κ2) is 6.99. The first-order chi connectivity index (χ1) is 9.61. The molecule has 0 radical (unpaired) electrons. The van der Waals surface area contributed by atoms with E-state index in [1.807, 2.05) is 4.90 Å². The highest BCUT2D eigenvalue weighted by Crippen LogP contribution is 2.31. The Kier molecular flexibility index (Phi) is 5.31. The number of aromatic nitrogens is 1. The molecule has 1 N–H and O–H groups in total. The predicted octanol–water partition coefficient (Wildman–Crippen LogP) is 2.58. The van der Waals surface area contributed by atoms with Crippen LogP contribution in [0.2, 0.25) is 0 Å². The van der Waals surface area contributed by atoms with Gasteiger partial charge in [0.2, 0.25) is 5.82 Å². The molecule has 0 aliphatic carbocycles. The Hall–Kier alpha value is -1.21. The number of pyridine rings is 1. The fourth-order valence-electron chi connectivity index (χ4n) is 2.50. The molecule has 1 fully saturated rings. The Balaban J connectivity index is 2.05. The third kappa shape index (κ3) is 3.67. The van der Waals surface area contributed by atoms with Crippen LogP contribution >= 0.6 is 15.9 Å². The van der Waals surface area contributed by atoms with Crippen molar-refractivity contribution in [1.29, 1.82) is 0 Å². The minimum atomic E-state index is -0.363. The van der Waals surface area contributed by atoms with Crippen molar-refractivity contribution in [3.63, 3.8) is 0 Å². The lowest BCUT2D eigenvalue weighted by Gasteiger charge is -2.32. The van der Waals surface area contributed by atoms with Crippen LogP contribution in [0.25, 0.3) is 0 Å². The van der Waals surface area contributed by atoms with Gasteiger partial charge >= 0.3 is 5.69 Å². The highest BCUT2D eigenvalue weighted by Gasteiger charge is 2.26. The fourth-order valence-corrected chi connectivity index (χ4v) is 2.82. The molecular weight excluding hydrogens is 324 g/mol. The summed E-state index contributed by atoms with van der Waals surface area (Å²) in [5.41, 5.74) is 0.0736. The molecule has 0 saturated carbocycles. The maximum absolute atomic E-state index is 11.1. The van der Waals surface area contributed by atoms with Crippen molar-refractivity contribution in [1.82, 2.24) is 10.3 Å². The van der Waals surface area contributed by atoms with Crippen molar-refractivity contribution in [3.05, 3.63) is 26.9 Å². The first-order valence-electron chi connectivity index (χ1n) is 6.87. The van der Waals surface area contributed by atoms with Gasteiger partial charge in [-0.1, -0.05) is 6.92 Å². The average molecular weight is 343 g/mol. The van der Waals surface area contributed by atoms with Crippen LogP contribution in [-0.4, -0.2) is 36.1 Å². The van der Waals surface area contributed by atoms with E-state index in [-0.39, 0.29) is 10.6 Å². The Morgan fingerprint density at radius 2 is 2.25 bits per heavy atom. The first kappa shape index (κ1) is 15.2. The first-order valence-corrected chi connectivity index (χ1v) is 7.66. The van der Waals surface area contributed by atoms with Gasteiger partial charge in [0.1, 0.15) is 0 Å². The van der Waals surface area contributed by atoms with Gasteiger partial charge in [-0.2, -0.15) is 0 Å². The summed E-state index contributed by atoms with van der Waals surface area (Å²) >= 11 is 3.23. The smallest absolute Gasteiger partial charge is 0.312 e. The Morgan fingerprint density at radius 3 is 2.85 bits per heavy atom. The van der Waals surface area contributed by atoms with E-state index >= 15 is 0 Å². The SMILES string of the molecule is CCNCC1CCN(c2ncc(Br)cc2[N+](=O)[O-])CC1. The molecule has 110 valence electrons. The highest BCUT2D eigenvalue weighted by molar-refractivity contribution is 9.10. The Bertz CT molecular complexity index is 475. The normalized spacial score (nSPS) is 16.4. The van der Waals surface area contributed by atoms with E-state index in [0.29, 0.717) is 16.2 Å². The highest BCUT2D eigenvalue weighted by atomic mass is 79.9. The van der Waals surface area contributed by atoms with Crippen molar-refractivity contribution in [2.24, 2.45) is 5.92 Å². The fraction of sp³-hybridized carbons (Fsp3) is 0.615. The molecule has 1 aliphatic rings. The number of nitro groups is 1. The van der Waals surface area contributed by atoms with Crippen molar-refractivity contribution >= 4 is 27.4 Å². The van der Waals surface area contributed by atoms with Gasteiger partial charge in [0.15, 0.2) is 0 Å². The summed E-state index contributed by atoms with van der Waals surface area (Å²) in [6.45, 7) is 5.77. The zero-order valence-corrected chi connectivity index (χ0v) is 13.1. The van der Waals surface area contributed by atoms with Crippen LogP contribution in [0.15, 0.2) is 16.7 Å². The molecule has 0 bridgehead atoms. The van der Waals surface area contributed by atoms with Gasteiger partial charge in [-0.15, -0.1) is 0 Å². The molecule has 1 aromatic heterocycles. The monoisotopic (exact) mass is 342 g/mol. The van der Waals surface area contributed by atoms with Crippen molar-refractivity contribution in [2.45, 2.75) is 19.8 Å².